The molecule has 3 rings (SSSR count). The number of piperidine rings is 1. The first-order chi connectivity index (χ1) is 13.0. The van der Waals surface area contributed by atoms with Crippen LogP contribution >= 0.6 is 0 Å². The van der Waals surface area contributed by atoms with Crippen molar-refractivity contribution in [2.45, 2.75) is 19.8 Å². The van der Waals surface area contributed by atoms with E-state index in [4.69, 9.17) is 0 Å². The molecule has 0 atom stereocenters. The van der Waals surface area contributed by atoms with Gasteiger partial charge in [-0.3, -0.25) is 4.79 Å². The van der Waals surface area contributed by atoms with Crippen LogP contribution in [0.25, 0.3) is 6.08 Å². The number of benzene rings is 1. The lowest BCUT2D eigenvalue weighted by Crippen LogP contribution is -2.40. The van der Waals surface area contributed by atoms with Gasteiger partial charge in [0.1, 0.15) is 5.82 Å². The minimum Gasteiger partial charge on any atom is -0.310 e. The molecule has 1 amide bonds. The molecule has 0 spiro atoms. The monoisotopic (exact) mass is 385 g/mol. The number of rotatable bonds is 5. The number of nitrogens with zero attached hydrogens (tertiary/aromatic N) is 2. The zero-order valence-corrected chi connectivity index (χ0v) is 16.0. The zero-order chi connectivity index (χ0) is 19.3. The minimum absolute atomic E-state index is 0.103. The Morgan fingerprint density at radius 3 is 2.52 bits per heavy atom. The summed E-state index contributed by atoms with van der Waals surface area (Å²) in [6, 6.07) is 13.0. The van der Waals surface area contributed by atoms with Gasteiger partial charge in [-0.25, -0.2) is 13.4 Å². The summed E-state index contributed by atoms with van der Waals surface area (Å²) in [6.07, 6.45) is 4.22. The van der Waals surface area contributed by atoms with Gasteiger partial charge in [-0.1, -0.05) is 36.4 Å². The summed E-state index contributed by atoms with van der Waals surface area (Å²) in [5, 5.41) is 4.08. The van der Waals surface area contributed by atoms with Crippen LogP contribution in [-0.2, 0) is 14.8 Å². The number of pyridine rings is 1. The van der Waals surface area contributed by atoms with Crippen LogP contribution in [-0.4, -0.2) is 36.7 Å². The highest BCUT2D eigenvalue weighted by Gasteiger charge is 2.30. The average molecular weight is 385 g/mol. The molecule has 1 aliphatic rings. The van der Waals surface area contributed by atoms with E-state index in [0.29, 0.717) is 31.7 Å². The predicted molar refractivity (Wildman–Crippen MR) is 106 cm³/mol. The van der Waals surface area contributed by atoms with Gasteiger partial charge in [0.05, 0.1) is 0 Å². The molecule has 2 heterocycles. The third kappa shape index (κ3) is 5.02. The third-order valence-corrected chi connectivity index (χ3v) is 6.23. The number of nitrogens with one attached hydrogen (secondary N) is 1. The van der Waals surface area contributed by atoms with Crippen molar-refractivity contribution in [1.29, 1.82) is 0 Å². The average Bonchev–Trinajstić information content (AvgIpc) is 2.69. The lowest BCUT2D eigenvalue weighted by atomic mass is 9.97. The Morgan fingerprint density at radius 1 is 1.15 bits per heavy atom. The van der Waals surface area contributed by atoms with Gasteiger partial charge >= 0.3 is 0 Å². The Morgan fingerprint density at radius 2 is 1.85 bits per heavy atom. The van der Waals surface area contributed by atoms with Crippen molar-refractivity contribution in [2.24, 2.45) is 5.92 Å². The van der Waals surface area contributed by atoms with Crippen molar-refractivity contribution >= 4 is 27.8 Å². The van der Waals surface area contributed by atoms with Crippen LogP contribution in [0.15, 0.2) is 54.1 Å². The number of carbonyl (C=O) groups excluding carboxylic acids is 1. The summed E-state index contributed by atoms with van der Waals surface area (Å²) < 4.78 is 26.4. The summed E-state index contributed by atoms with van der Waals surface area (Å²) in [7, 11) is -3.49. The molecule has 27 heavy (non-hydrogen) atoms. The molecule has 0 unspecified atom stereocenters. The van der Waals surface area contributed by atoms with E-state index in [1.807, 2.05) is 49.4 Å². The van der Waals surface area contributed by atoms with Gasteiger partial charge in [-0.05, 0) is 43.0 Å². The second-order valence-electron chi connectivity index (χ2n) is 6.59. The molecule has 2 aromatic rings. The number of carbonyl (C=O) groups is 1. The molecule has 1 saturated heterocycles. The molecule has 0 aliphatic carbocycles. The van der Waals surface area contributed by atoms with Crippen LogP contribution in [0.2, 0.25) is 0 Å². The van der Waals surface area contributed by atoms with Crippen molar-refractivity contribution in [2.75, 3.05) is 18.4 Å². The van der Waals surface area contributed by atoms with Crippen molar-refractivity contribution in [3.8, 4) is 0 Å². The molecular formula is C20H23N3O3S. The molecule has 6 nitrogen and oxygen atoms in total. The van der Waals surface area contributed by atoms with E-state index in [9.17, 15) is 13.2 Å². The fourth-order valence-electron chi connectivity index (χ4n) is 3.02. The first-order valence-corrected chi connectivity index (χ1v) is 10.4. The number of sulfonamides is 1. The second-order valence-corrected chi connectivity index (χ2v) is 8.41. The summed E-state index contributed by atoms with van der Waals surface area (Å²) in [5.74, 6) is 0.244. The molecule has 0 bridgehead atoms. The number of aryl methyl sites for hydroxylation is 1. The molecule has 1 N–H and O–H groups in total. The van der Waals surface area contributed by atoms with Gasteiger partial charge in [0.15, 0.2) is 0 Å². The normalized spacial score (nSPS) is 16.5. The SMILES string of the molecule is Cc1cccnc1NC(=O)C1CCN(S(=O)(=O)/C=C/c2ccccc2)CC1. The Kier molecular flexibility index (Phi) is 6.03. The van der Waals surface area contributed by atoms with Crippen LogP contribution in [0.5, 0.6) is 0 Å². The molecular weight excluding hydrogens is 362 g/mol. The smallest absolute Gasteiger partial charge is 0.236 e. The Bertz CT molecular complexity index is 918. The first kappa shape index (κ1) is 19.3. The van der Waals surface area contributed by atoms with E-state index in [1.54, 1.807) is 12.3 Å². The molecule has 1 aromatic carbocycles. The van der Waals surface area contributed by atoms with Crippen molar-refractivity contribution in [1.82, 2.24) is 9.29 Å². The highest BCUT2D eigenvalue weighted by Crippen LogP contribution is 2.22. The number of anilines is 1. The fraction of sp³-hybridized carbons (Fsp3) is 0.300. The van der Waals surface area contributed by atoms with Gasteiger partial charge < -0.3 is 5.32 Å². The Labute approximate surface area is 160 Å². The summed E-state index contributed by atoms with van der Waals surface area (Å²) >= 11 is 0. The van der Waals surface area contributed by atoms with Gasteiger partial charge in [0.25, 0.3) is 0 Å². The Balaban J connectivity index is 1.57. The third-order valence-electron chi connectivity index (χ3n) is 4.67. The van der Waals surface area contributed by atoms with E-state index in [-0.39, 0.29) is 11.8 Å². The van der Waals surface area contributed by atoms with Crippen molar-refractivity contribution < 1.29 is 13.2 Å². The van der Waals surface area contributed by atoms with Gasteiger partial charge in [0, 0.05) is 30.6 Å². The van der Waals surface area contributed by atoms with Crippen molar-refractivity contribution in [3.05, 3.63) is 65.2 Å². The topological polar surface area (TPSA) is 79.4 Å². The second kappa shape index (κ2) is 8.45. The zero-order valence-electron chi connectivity index (χ0n) is 15.2. The van der Waals surface area contributed by atoms with E-state index >= 15 is 0 Å². The first-order valence-electron chi connectivity index (χ1n) is 8.91. The number of amides is 1. The van der Waals surface area contributed by atoms with Gasteiger partial charge in [0.2, 0.25) is 15.9 Å². The standard InChI is InChI=1S/C20H23N3O3S/c1-16-6-5-12-21-19(16)22-20(24)18-9-13-23(14-10-18)27(25,26)15-11-17-7-3-2-4-8-17/h2-8,11-12,15,18H,9-10,13-14H2,1H3,(H,21,22,24)/b15-11+. The molecule has 1 fully saturated rings. The van der Waals surface area contributed by atoms with E-state index in [1.165, 1.54) is 9.71 Å². The predicted octanol–water partition coefficient (Wildman–Crippen LogP) is 3.04. The highest BCUT2D eigenvalue weighted by atomic mass is 32.2. The molecule has 7 heteroatoms. The summed E-state index contributed by atoms with van der Waals surface area (Å²) in [4.78, 5) is 16.6. The minimum atomic E-state index is -3.49. The van der Waals surface area contributed by atoms with Gasteiger partial charge in [-0.15, -0.1) is 0 Å². The maximum absolute atomic E-state index is 12.5. The largest absolute Gasteiger partial charge is 0.310 e. The van der Waals surface area contributed by atoms with Crippen LogP contribution in [0.3, 0.4) is 0 Å². The highest BCUT2D eigenvalue weighted by molar-refractivity contribution is 7.92. The molecule has 0 radical (unpaired) electrons. The van der Waals surface area contributed by atoms with Crippen LogP contribution in [0.1, 0.15) is 24.0 Å². The summed E-state index contributed by atoms with van der Waals surface area (Å²) in [6.45, 7) is 2.55. The number of aromatic nitrogens is 1. The molecule has 0 saturated carbocycles. The lowest BCUT2D eigenvalue weighted by molar-refractivity contribution is -0.120. The lowest BCUT2D eigenvalue weighted by Gasteiger charge is -2.29. The molecule has 1 aliphatic heterocycles. The van der Waals surface area contributed by atoms with Crippen molar-refractivity contribution in [3.63, 3.8) is 0 Å². The van der Waals surface area contributed by atoms with Crippen LogP contribution in [0, 0.1) is 12.8 Å². The number of hydrogen-bond donors (Lipinski definition) is 1. The van der Waals surface area contributed by atoms with Crippen LogP contribution in [0.4, 0.5) is 5.82 Å². The summed E-state index contributed by atoms with van der Waals surface area (Å²) in [5.41, 5.74) is 1.73. The Hall–Kier alpha value is -2.51. The maximum atomic E-state index is 12.5. The van der Waals surface area contributed by atoms with E-state index in [2.05, 4.69) is 10.3 Å². The molecule has 142 valence electrons. The quantitative estimate of drug-likeness (QED) is 0.858. The number of hydrogen-bond acceptors (Lipinski definition) is 4. The fourth-order valence-corrected chi connectivity index (χ4v) is 4.24. The van der Waals surface area contributed by atoms with Crippen LogP contribution < -0.4 is 5.32 Å². The maximum Gasteiger partial charge on any atom is 0.236 e. The van der Waals surface area contributed by atoms with E-state index < -0.39 is 10.0 Å². The molecule has 1 aromatic heterocycles. The van der Waals surface area contributed by atoms with E-state index in [0.717, 1.165) is 11.1 Å². The van der Waals surface area contributed by atoms with Gasteiger partial charge in [-0.2, -0.15) is 4.31 Å².